The van der Waals surface area contributed by atoms with Crippen LogP contribution in [0.3, 0.4) is 0 Å². The molecule has 0 saturated carbocycles. The van der Waals surface area contributed by atoms with E-state index < -0.39 is 4.92 Å². The molecule has 0 N–H and O–H groups in total. The Morgan fingerprint density at radius 1 is 1.31 bits per heavy atom. The van der Waals surface area contributed by atoms with Gasteiger partial charge in [0, 0.05) is 6.42 Å². The van der Waals surface area contributed by atoms with Gasteiger partial charge in [-0.1, -0.05) is 39.5 Å². The van der Waals surface area contributed by atoms with E-state index in [4.69, 9.17) is 4.42 Å². The Hall–Kier alpha value is -1.32. The zero-order chi connectivity index (χ0) is 12.0. The molecule has 0 aliphatic heterocycles. The summed E-state index contributed by atoms with van der Waals surface area (Å²) in [6.45, 7) is 4.32. The third kappa shape index (κ3) is 3.68. The summed E-state index contributed by atoms with van der Waals surface area (Å²) >= 11 is 0. The third-order valence-electron chi connectivity index (χ3n) is 2.71. The SMILES string of the molecule is CCCC(CCC)Cc1ccc([N+](=O)[O-])o1. The minimum absolute atomic E-state index is 0.151. The van der Waals surface area contributed by atoms with E-state index in [1.54, 1.807) is 6.07 Å². The number of hydrogen-bond acceptors (Lipinski definition) is 3. The summed E-state index contributed by atoms with van der Waals surface area (Å²) in [6.07, 6.45) is 5.42. The van der Waals surface area contributed by atoms with Gasteiger partial charge in [0.25, 0.3) is 0 Å². The number of furan rings is 1. The van der Waals surface area contributed by atoms with Crippen LogP contribution in [-0.4, -0.2) is 4.92 Å². The monoisotopic (exact) mass is 225 g/mol. The highest BCUT2D eigenvalue weighted by Gasteiger charge is 2.15. The van der Waals surface area contributed by atoms with Gasteiger partial charge >= 0.3 is 5.88 Å². The average Bonchev–Trinajstić information content (AvgIpc) is 2.67. The van der Waals surface area contributed by atoms with Crippen molar-refractivity contribution in [2.45, 2.75) is 46.0 Å². The van der Waals surface area contributed by atoms with Crippen molar-refractivity contribution in [3.63, 3.8) is 0 Å². The lowest BCUT2D eigenvalue weighted by Crippen LogP contribution is -2.03. The second-order valence-corrected chi connectivity index (χ2v) is 4.14. The fourth-order valence-corrected chi connectivity index (χ4v) is 2.02. The summed E-state index contributed by atoms with van der Waals surface area (Å²) in [7, 11) is 0. The van der Waals surface area contributed by atoms with E-state index in [1.807, 2.05) is 0 Å². The topological polar surface area (TPSA) is 56.3 Å². The molecule has 0 aromatic carbocycles. The molecule has 0 atom stereocenters. The molecule has 1 heterocycles. The maximum atomic E-state index is 10.5. The molecule has 4 nitrogen and oxygen atoms in total. The van der Waals surface area contributed by atoms with Crippen LogP contribution in [0.4, 0.5) is 5.88 Å². The van der Waals surface area contributed by atoms with Gasteiger partial charge in [-0.2, -0.15) is 0 Å². The Balaban J connectivity index is 2.58. The summed E-state index contributed by atoms with van der Waals surface area (Å²) in [5.41, 5.74) is 0. The molecule has 1 aromatic heterocycles. The minimum Gasteiger partial charge on any atom is -0.406 e. The smallest absolute Gasteiger partial charge is 0.406 e. The van der Waals surface area contributed by atoms with Crippen molar-refractivity contribution in [2.24, 2.45) is 5.92 Å². The Morgan fingerprint density at radius 2 is 1.94 bits per heavy atom. The molecule has 0 saturated heterocycles. The highest BCUT2D eigenvalue weighted by atomic mass is 16.6. The minimum atomic E-state index is -0.488. The molecule has 0 aliphatic rings. The first-order valence-corrected chi connectivity index (χ1v) is 5.90. The van der Waals surface area contributed by atoms with Crippen molar-refractivity contribution >= 4 is 5.88 Å². The zero-order valence-corrected chi connectivity index (χ0v) is 9.94. The summed E-state index contributed by atoms with van der Waals surface area (Å²) in [5, 5.41) is 10.5. The van der Waals surface area contributed by atoms with E-state index in [9.17, 15) is 10.1 Å². The first-order chi connectivity index (χ1) is 7.67. The van der Waals surface area contributed by atoms with Crippen molar-refractivity contribution in [1.29, 1.82) is 0 Å². The summed E-state index contributed by atoms with van der Waals surface area (Å²) in [4.78, 5) is 9.98. The molecule has 0 radical (unpaired) electrons. The fourth-order valence-electron chi connectivity index (χ4n) is 2.02. The highest BCUT2D eigenvalue weighted by molar-refractivity contribution is 5.18. The molecule has 0 amide bonds. The normalized spacial score (nSPS) is 10.9. The van der Waals surface area contributed by atoms with Crippen LogP contribution in [-0.2, 0) is 6.42 Å². The Kier molecular flexibility index (Phi) is 5.02. The second-order valence-electron chi connectivity index (χ2n) is 4.14. The Bertz CT molecular complexity index is 327. The van der Waals surface area contributed by atoms with Gasteiger partial charge in [-0.3, -0.25) is 10.1 Å². The fraction of sp³-hybridized carbons (Fsp3) is 0.667. The largest absolute Gasteiger partial charge is 0.433 e. The lowest BCUT2D eigenvalue weighted by atomic mass is 9.94. The van der Waals surface area contributed by atoms with Crippen molar-refractivity contribution in [1.82, 2.24) is 0 Å². The van der Waals surface area contributed by atoms with E-state index in [1.165, 1.54) is 6.07 Å². The Morgan fingerprint density at radius 3 is 2.38 bits per heavy atom. The van der Waals surface area contributed by atoms with E-state index in [-0.39, 0.29) is 5.88 Å². The van der Waals surface area contributed by atoms with Crippen LogP contribution in [0, 0.1) is 16.0 Å². The molecule has 0 bridgehead atoms. The molecule has 0 fully saturated rings. The van der Waals surface area contributed by atoms with Gasteiger partial charge in [-0.05, 0) is 12.0 Å². The van der Waals surface area contributed by atoms with E-state index in [0.717, 1.165) is 37.9 Å². The standard InChI is InChI=1S/C12H19NO3/c1-3-5-10(6-4-2)9-11-7-8-12(16-11)13(14)15/h7-8,10H,3-6,9H2,1-2H3. The van der Waals surface area contributed by atoms with Crippen molar-refractivity contribution in [3.05, 3.63) is 28.0 Å². The van der Waals surface area contributed by atoms with Gasteiger partial charge in [0.05, 0.1) is 6.07 Å². The van der Waals surface area contributed by atoms with Crippen LogP contribution in [0.1, 0.15) is 45.3 Å². The van der Waals surface area contributed by atoms with Gasteiger partial charge in [-0.15, -0.1) is 0 Å². The van der Waals surface area contributed by atoms with E-state index in [2.05, 4.69) is 13.8 Å². The highest BCUT2D eigenvalue weighted by Crippen LogP contribution is 2.23. The van der Waals surface area contributed by atoms with Crippen molar-refractivity contribution in [3.8, 4) is 0 Å². The quantitative estimate of drug-likeness (QED) is 0.521. The van der Waals surface area contributed by atoms with Crippen LogP contribution in [0.5, 0.6) is 0 Å². The average molecular weight is 225 g/mol. The molecular weight excluding hydrogens is 206 g/mol. The van der Waals surface area contributed by atoms with Crippen LogP contribution in [0.15, 0.2) is 16.5 Å². The number of nitro groups is 1. The van der Waals surface area contributed by atoms with Gasteiger partial charge in [0.1, 0.15) is 10.7 Å². The van der Waals surface area contributed by atoms with Crippen LogP contribution in [0.2, 0.25) is 0 Å². The number of nitrogens with zero attached hydrogens (tertiary/aromatic N) is 1. The van der Waals surface area contributed by atoms with Crippen molar-refractivity contribution < 1.29 is 9.34 Å². The van der Waals surface area contributed by atoms with Crippen molar-refractivity contribution in [2.75, 3.05) is 0 Å². The van der Waals surface area contributed by atoms with Gasteiger partial charge in [-0.25, -0.2) is 0 Å². The molecule has 16 heavy (non-hydrogen) atoms. The van der Waals surface area contributed by atoms with Crippen LogP contribution >= 0.6 is 0 Å². The predicted octanol–water partition coefficient (Wildman–Crippen LogP) is 3.95. The van der Waals surface area contributed by atoms with Gasteiger partial charge in [0.15, 0.2) is 0 Å². The molecule has 90 valence electrons. The zero-order valence-electron chi connectivity index (χ0n) is 9.94. The number of rotatable bonds is 7. The second kappa shape index (κ2) is 6.30. The Labute approximate surface area is 95.8 Å². The molecule has 0 spiro atoms. The molecule has 0 aliphatic carbocycles. The van der Waals surface area contributed by atoms with Crippen LogP contribution in [0.25, 0.3) is 0 Å². The maximum Gasteiger partial charge on any atom is 0.433 e. The lowest BCUT2D eigenvalue weighted by molar-refractivity contribution is -0.402. The third-order valence-corrected chi connectivity index (χ3v) is 2.71. The first-order valence-electron chi connectivity index (χ1n) is 5.90. The predicted molar refractivity (Wildman–Crippen MR) is 62.4 cm³/mol. The number of hydrogen-bond donors (Lipinski definition) is 0. The first kappa shape index (κ1) is 12.7. The molecule has 1 rings (SSSR count). The summed E-state index contributed by atoms with van der Waals surface area (Å²) in [5.74, 6) is 1.17. The van der Waals surface area contributed by atoms with Gasteiger partial charge in [0.2, 0.25) is 0 Å². The summed E-state index contributed by atoms with van der Waals surface area (Å²) in [6, 6.07) is 3.15. The molecule has 4 heteroatoms. The molecular formula is C12H19NO3. The molecule has 1 aromatic rings. The van der Waals surface area contributed by atoms with E-state index >= 15 is 0 Å². The molecule has 0 unspecified atom stereocenters. The van der Waals surface area contributed by atoms with Gasteiger partial charge < -0.3 is 4.42 Å². The maximum absolute atomic E-state index is 10.5. The summed E-state index contributed by atoms with van der Waals surface area (Å²) < 4.78 is 5.17. The van der Waals surface area contributed by atoms with Crippen LogP contribution < -0.4 is 0 Å². The van der Waals surface area contributed by atoms with E-state index in [0.29, 0.717) is 5.92 Å². The lowest BCUT2D eigenvalue weighted by Gasteiger charge is -2.12.